The molecule has 0 aromatic carbocycles. The molecule has 90 valence electrons. The van der Waals surface area contributed by atoms with Crippen LogP contribution in [0.15, 0.2) is 0 Å². The second-order valence-corrected chi connectivity index (χ2v) is 5.53. The highest BCUT2D eigenvalue weighted by atomic mass is 14.9. The monoisotopic (exact) mass is 211 g/mol. The van der Waals surface area contributed by atoms with Crippen molar-refractivity contribution >= 4 is 0 Å². The topological polar surface area (TPSA) is 12.0 Å². The summed E-state index contributed by atoms with van der Waals surface area (Å²) in [6.45, 7) is 9.35. The van der Waals surface area contributed by atoms with Crippen molar-refractivity contribution in [2.75, 3.05) is 13.1 Å². The summed E-state index contributed by atoms with van der Waals surface area (Å²) in [7, 11) is 0. The van der Waals surface area contributed by atoms with E-state index < -0.39 is 0 Å². The molecule has 15 heavy (non-hydrogen) atoms. The summed E-state index contributed by atoms with van der Waals surface area (Å²) in [5.41, 5.74) is 0.703. The second kappa shape index (κ2) is 6.52. The second-order valence-electron chi connectivity index (χ2n) is 5.53. The normalized spacial score (nSPS) is 29.4. The molecular formula is C14H29N. The van der Waals surface area contributed by atoms with E-state index in [1.807, 2.05) is 0 Å². The van der Waals surface area contributed by atoms with E-state index in [1.165, 1.54) is 51.5 Å². The van der Waals surface area contributed by atoms with Gasteiger partial charge in [0.15, 0.2) is 0 Å². The van der Waals surface area contributed by atoms with Gasteiger partial charge in [-0.1, -0.05) is 52.9 Å². The first-order chi connectivity index (χ1) is 7.23. The van der Waals surface area contributed by atoms with Crippen molar-refractivity contribution in [1.29, 1.82) is 0 Å². The molecule has 0 saturated heterocycles. The maximum atomic E-state index is 3.48. The van der Waals surface area contributed by atoms with Gasteiger partial charge in [-0.25, -0.2) is 0 Å². The Labute approximate surface area is 96.0 Å². The molecule has 1 N–H and O–H groups in total. The van der Waals surface area contributed by atoms with Gasteiger partial charge in [-0.3, -0.25) is 0 Å². The lowest BCUT2D eigenvalue weighted by molar-refractivity contribution is 0.420. The minimum absolute atomic E-state index is 0.703. The molecule has 0 bridgehead atoms. The van der Waals surface area contributed by atoms with Gasteiger partial charge in [0.2, 0.25) is 0 Å². The molecule has 1 rings (SSSR count). The van der Waals surface area contributed by atoms with Crippen molar-refractivity contribution in [2.45, 2.75) is 65.7 Å². The van der Waals surface area contributed by atoms with Gasteiger partial charge in [0.05, 0.1) is 0 Å². The molecule has 0 spiro atoms. The quantitative estimate of drug-likeness (QED) is 0.569. The molecule has 0 aliphatic heterocycles. The van der Waals surface area contributed by atoms with E-state index in [1.54, 1.807) is 0 Å². The van der Waals surface area contributed by atoms with Crippen LogP contribution in [0.5, 0.6) is 0 Å². The maximum Gasteiger partial charge on any atom is -0.00152 e. The molecule has 0 heterocycles. The Morgan fingerprint density at radius 2 is 1.87 bits per heavy atom. The van der Waals surface area contributed by atoms with Crippen LogP contribution in [0.1, 0.15) is 65.7 Å². The summed E-state index contributed by atoms with van der Waals surface area (Å²) in [4.78, 5) is 0. The Bertz CT molecular complexity index is 167. The molecular weight excluding hydrogens is 182 g/mol. The van der Waals surface area contributed by atoms with Crippen LogP contribution in [0, 0.1) is 11.3 Å². The summed E-state index contributed by atoms with van der Waals surface area (Å²) in [5, 5.41) is 3.48. The fourth-order valence-electron chi connectivity index (χ4n) is 2.58. The summed E-state index contributed by atoms with van der Waals surface area (Å²) in [5.74, 6) is 0.976. The third-order valence-electron chi connectivity index (χ3n) is 4.03. The van der Waals surface area contributed by atoms with Gasteiger partial charge >= 0.3 is 0 Å². The molecule has 1 aliphatic rings. The Morgan fingerprint density at radius 1 is 1.13 bits per heavy atom. The molecule has 0 aromatic rings. The number of hydrogen-bond donors (Lipinski definition) is 1. The molecule has 0 radical (unpaired) electrons. The van der Waals surface area contributed by atoms with Crippen LogP contribution in [0.4, 0.5) is 0 Å². The third kappa shape index (κ3) is 4.55. The minimum Gasteiger partial charge on any atom is -0.317 e. The molecule has 1 aliphatic carbocycles. The Kier molecular flexibility index (Phi) is 5.66. The van der Waals surface area contributed by atoms with Crippen molar-refractivity contribution < 1.29 is 0 Å². The zero-order valence-corrected chi connectivity index (χ0v) is 10.9. The molecule has 1 saturated carbocycles. The highest BCUT2D eigenvalue weighted by Gasteiger charge is 2.48. The molecule has 2 atom stereocenters. The first kappa shape index (κ1) is 13.0. The van der Waals surface area contributed by atoms with Gasteiger partial charge in [0.1, 0.15) is 0 Å². The fraction of sp³-hybridized carbons (Fsp3) is 1.00. The molecule has 0 amide bonds. The first-order valence-electron chi connectivity index (χ1n) is 6.93. The van der Waals surface area contributed by atoms with Crippen molar-refractivity contribution in [2.24, 2.45) is 11.3 Å². The van der Waals surface area contributed by atoms with Crippen LogP contribution in [0.2, 0.25) is 0 Å². The van der Waals surface area contributed by atoms with Crippen LogP contribution in [-0.2, 0) is 0 Å². The summed E-state index contributed by atoms with van der Waals surface area (Å²) < 4.78 is 0. The van der Waals surface area contributed by atoms with Gasteiger partial charge in [0.25, 0.3) is 0 Å². The van der Waals surface area contributed by atoms with E-state index in [0.29, 0.717) is 5.41 Å². The Balaban J connectivity index is 1.97. The smallest absolute Gasteiger partial charge is 0.00152 e. The van der Waals surface area contributed by atoms with E-state index in [2.05, 4.69) is 26.1 Å². The van der Waals surface area contributed by atoms with Gasteiger partial charge in [-0.2, -0.15) is 0 Å². The lowest BCUT2D eigenvalue weighted by Gasteiger charge is -2.11. The molecule has 1 nitrogen and oxygen atoms in total. The first-order valence-corrected chi connectivity index (χ1v) is 6.93. The lowest BCUT2D eigenvalue weighted by Crippen LogP contribution is -2.18. The standard InChI is InChI=1S/C14H29N/c1-4-6-7-8-9-10-14(3)11-13(14)12-15-5-2/h13,15H,4-12H2,1-3H3. The summed E-state index contributed by atoms with van der Waals surface area (Å²) in [6.07, 6.45) is 10.1. The zero-order chi connectivity index (χ0) is 11.1. The average Bonchev–Trinajstić information content (AvgIpc) is 2.87. The predicted octanol–water partition coefficient (Wildman–Crippen LogP) is 3.98. The Hall–Kier alpha value is -0.0400. The SMILES string of the molecule is CCCCCCCC1(C)CC1CNCC. The van der Waals surface area contributed by atoms with Gasteiger partial charge in [-0.15, -0.1) is 0 Å². The van der Waals surface area contributed by atoms with E-state index >= 15 is 0 Å². The van der Waals surface area contributed by atoms with Crippen molar-refractivity contribution in [1.82, 2.24) is 5.32 Å². The molecule has 1 heteroatoms. The van der Waals surface area contributed by atoms with Gasteiger partial charge < -0.3 is 5.32 Å². The zero-order valence-electron chi connectivity index (χ0n) is 10.9. The fourth-order valence-corrected chi connectivity index (χ4v) is 2.58. The lowest BCUT2D eigenvalue weighted by atomic mass is 9.97. The number of rotatable bonds is 9. The number of unbranched alkanes of at least 4 members (excludes halogenated alkanes) is 4. The van der Waals surface area contributed by atoms with Crippen LogP contribution < -0.4 is 5.32 Å². The van der Waals surface area contributed by atoms with Crippen LogP contribution >= 0.6 is 0 Å². The van der Waals surface area contributed by atoms with Crippen molar-refractivity contribution in [3.8, 4) is 0 Å². The highest BCUT2D eigenvalue weighted by molar-refractivity contribution is 4.99. The number of nitrogens with one attached hydrogen (secondary N) is 1. The van der Waals surface area contributed by atoms with E-state index in [4.69, 9.17) is 0 Å². The van der Waals surface area contributed by atoms with E-state index in [0.717, 1.165) is 12.5 Å². The van der Waals surface area contributed by atoms with Crippen molar-refractivity contribution in [3.63, 3.8) is 0 Å². The molecule has 0 aromatic heterocycles. The van der Waals surface area contributed by atoms with Gasteiger partial charge in [-0.05, 0) is 37.3 Å². The molecule has 1 fully saturated rings. The van der Waals surface area contributed by atoms with Crippen LogP contribution in [-0.4, -0.2) is 13.1 Å². The van der Waals surface area contributed by atoms with E-state index in [-0.39, 0.29) is 0 Å². The Morgan fingerprint density at radius 3 is 2.53 bits per heavy atom. The largest absolute Gasteiger partial charge is 0.317 e. The summed E-state index contributed by atoms with van der Waals surface area (Å²) >= 11 is 0. The average molecular weight is 211 g/mol. The van der Waals surface area contributed by atoms with E-state index in [9.17, 15) is 0 Å². The maximum absolute atomic E-state index is 3.48. The van der Waals surface area contributed by atoms with Crippen molar-refractivity contribution in [3.05, 3.63) is 0 Å². The molecule has 2 unspecified atom stereocenters. The number of hydrogen-bond acceptors (Lipinski definition) is 1. The third-order valence-corrected chi connectivity index (χ3v) is 4.03. The predicted molar refractivity (Wildman–Crippen MR) is 68.1 cm³/mol. The summed E-state index contributed by atoms with van der Waals surface area (Å²) in [6, 6.07) is 0. The van der Waals surface area contributed by atoms with Crippen LogP contribution in [0.25, 0.3) is 0 Å². The van der Waals surface area contributed by atoms with Gasteiger partial charge in [0, 0.05) is 0 Å². The highest BCUT2D eigenvalue weighted by Crippen LogP contribution is 2.55. The van der Waals surface area contributed by atoms with Crippen LogP contribution in [0.3, 0.4) is 0 Å². The minimum atomic E-state index is 0.703.